The number of phosphoric ester groups is 1. The Labute approximate surface area is 418 Å². The second-order valence-corrected chi connectivity index (χ2v) is 23.2. The van der Waals surface area contributed by atoms with E-state index in [9.17, 15) is 19.4 Å². The zero-order valence-electron chi connectivity index (χ0n) is 45.7. The van der Waals surface area contributed by atoms with Gasteiger partial charge in [0.15, 0.2) is 0 Å². The van der Waals surface area contributed by atoms with E-state index < -0.39 is 20.0 Å². The van der Waals surface area contributed by atoms with Gasteiger partial charge in [-0.3, -0.25) is 13.8 Å². The quantitative estimate of drug-likeness (QED) is 0.0243. The van der Waals surface area contributed by atoms with Crippen molar-refractivity contribution >= 4 is 13.7 Å². The van der Waals surface area contributed by atoms with Crippen LogP contribution in [-0.2, 0) is 18.4 Å². The minimum atomic E-state index is -4.32. The standard InChI is InChI=1S/C58H117N2O6P/c1-6-8-10-12-14-16-18-20-22-24-26-28-29-30-32-33-35-37-39-41-43-45-47-49-51-57(61)56(55-66-67(63,64)65-54-53-60(3,4)5)59-58(62)52-50-48-46-44-42-40-38-36-34-31-27-25-23-21-19-17-15-13-11-9-7-2/h31,34,56-57,61H,6-30,32-33,35-55H2,1-5H3,(H-,59,62,63,64)/p+1/b34-31-. The van der Waals surface area contributed by atoms with E-state index in [1.807, 2.05) is 21.1 Å². The number of nitrogens with zero attached hydrogens (tertiary/aromatic N) is 1. The molecule has 0 bridgehead atoms. The van der Waals surface area contributed by atoms with Crippen molar-refractivity contribution in [1.29, 1.82) is 0 Å². The highest BCUT2D eigenvalue weighted by Crippen LogP contribution is 2.43. The van der Waals surface area contributed by atoms with Crippen LogP contribution in [-0.4, -0.2) is 73.4 Å². The van der Waals surface area contributed by atoms with Gasteiger partial charge in [0.25, 0.3) is 0 Å². The van der Waals surface area contributed by atoms with Crippen molar-refractivity contribution in [3.8, 4) is 0 Å². The van der Waals surface area contributed by atoms with Crippen LogP contribution in [0.3, 0.4) is 0 Å². The minimum absolute atomic E-state index is 0.0763. The summed E-state index contributed by atoms with van der Waals surface area (Å²) in [4.78, 5) is 23.3. The number of rotatable bonds is 55. The summed E-state index contributed by atoms with van der Waals surface area (Å²) in [5.41, 5.74) is 0. The van der Waals surface area contributed by atoms with Crippen LogP contribution >= 0.6 is 7.82 Å². The fourth-order valence-electron chi connectivity index (χ4n) is 9.10. The van der Waals surface area contributed by atoms with Crippen LogP contribution in [0.25, 0.3) is 0 Å². The van der Waals surface area contributed by atoms with Gasteiger partial charge in [-0.05, 0) is 38.5 Å². The van der Waals surface area contributed by atoms with Crippen molar-refractivity contribution in [3.05, 3.63) is 12.2 Å². The molecule has 0 aromatic carbocycles. The molecule has 0 rings (SSSR count). The zero-order valence-corrected chi connectivity index (χ0v) is 46.6. The van der Waals surface area contributed by atoms with Crippen molar-refractivity contribution in [2.24, 2.45) is 0 Å². The highest BCUT2D eigenvalue weighted by Gasteiger charge is 2.28. The number of likely N-dealkylation sites (N-methyl/N-ethyl adjacent to an activating group) is 1. The van der Waals surface area contributed by atoms with E-state index in [0.29, 0.717) is 23.9 Å². The maximum atomic E-state index is 13.0. The van der Waals surface area contributed by atoms with Gasteiger partial charge in [0.2, 0.25) is 5.91 Å². The number of nitrogens with one attached hydrogen (secondary N) is 1. The molecule has 3 unspecified atom stereocenters. The number of aliphatic hydroxyl groups is 1. The molecule has 0 heterocycles. The second kappa shape index (κ2) is 50.2. The smallest absolute Gasteiger partial charge is 0.391 e. The van der Waals surface area contributed by atoms with Crippen LogP contribution in [0, 0.1) is 0 Å². The summed E-state index contributed by atoms with van der Waals surface area (Å²) >= 11 is 0. The molecular weight excluding hydrogens is 852 g/mol. The van der Waals surface area contributed by atoms with Crippen LogP contribution in [0.1, 0.15) is 303 Å². The molecule has 3 atom stereocenters. The van der Waals surface area contributed by atoms with E-state index in [-0.39, 0.29) is 19.1 Å². The Morgan fingerprint density at radius 1 is 0.493 bits per heavy atom. The number of amides is 1. The molecule has 0 aliphatic carbocycles. The van der Waals surface area contributed by atoms with E-state index in [4.69, 9.17) is 9.05 Å². The Hall–Kier alpha value is -0.760. The largest absolute Gasteiger partial charge is 0.472 e. The fourth-order valence-corrected chi connectivity index (χ4v) is 9.84. The molecule has 0 aliphatic rings. The molecule has 0 spiro atoms. The summed E-state index contributed by atoms with van der Waals surface area (Å²) in [7, 11) is 1.63. The summed E-state index contributed by atoms with van der Waals surface area (Å²) in [6, 6.07) is -0.761. The number of hydrogen-bond acceptors (Lipinski definition) is 5. The van der Waals surface area contributed by atoms with Gasteiger partial charge in [-0.15, -0.1) is 0 Å². The summed E-state index contributed by atoms with van der Waals surface area (Å²) in [5.74, 6) is -0.143. The van der Waals surface area contributed by atoms with Crippen molar-refractivity contribution in [2.75, 3.05) is 40.9 Å². The van der Waals surface area contributed by atoms with Gasteiger partial charge in [-0.1, -0.05) is 270 Å². The van der Waals surface area contributed by atoms with Gasteiger partial charge in [-0.2, -0.15) is 0 Å². The third-order valence-corrected chi connectivity index (χ3v) is 14.7. The predicted octanol–water partition coefficient (Wildman–Crippen LogP) is 17.8. The molecule has 0 radical (unpaired) electrons. The van der Waals surface area contributed by atoms with Crippen LogP contribution in [0.4, 0.5) is 0 Å². The lowest BCUT2D eigenvalue weighted by Crippen LogP contribution is -2.46. The number of aliphatic hydroxyl groups excluding tert-OH is 1. The van der Waals surface area contributed by atoms with E-state index in [2.05, 4.69) is 31.3 Å². The Morgan fingerprint density at radius 2 is 0.806 bits per heavy atom. The number of hydrogen-bond donors (Lipinski definition) is 3. The molecule has 0 fully saturated rings. The highest BCUT2D eigenvalue weighted by molar-refractivity contribution is 7.47. The normalized spacial score (nSPS) is 14.0. The number of carbonyl (C=O) groups excluding carboxylic acids is 1. The predicted molar refractivity (Wildman–Crippen MR) is 291 cm³/mol. The summed E-state index contributed by atoms with van der Waals surface area (Å²) < 4.78 is 23.8. The lowest BCUT2D eigenvalue weighted by atomic mass is 10.0. The second-order valence-electron chi connectivity index (χ2n) is 21.7. The van der Waals surface area contributed by atoms with Crippen molar-refractivity contribution in [1.82, 2.24) is 5.32 Å². The zero-order chi connectivity index (χ0) is 49.2. The summed E-state index contributed by atoms with van der Waals surface area (Å²) in [5, 5.41) is 14.1. The first kappa shape index (κ1) is 66.2. The average Bonchev–Trinajstić information content (AvgIpc) is 3.29. The van der Waals surface area contributed by atoms with Crippen molar-refractivity contribution < 1.29 is 32.9 Å². The minimum Gasteiger partial charge on any atom is -0.391 e. The molecule has 0 saturated heterocycles. The van der Waals surface area contributed by atoms with Crippen LogP contribution in [0.5, 0.6) is 0 Å². The molecule has 8 nitrogen and oxygen atoms in total. The van der Waals surface area contributed by atoms with E-state index in [1.54, 1.807) is 0 Å². The van der Waals surface area contributed by atoms with Gasteiger partial charge < -0.3 is 19.8 Å². The Balaban J connectivity index is 4.14. The first-order valence-electron chi connectivity index (χ1n) is 29.6. The van der Waals surface area contributed by atoms with Gasteiger partial charge >= 0.3 is 7.82 Å². The highest BCUT2D eigenvalue weighted by atomic mass is 31.2. The maximum absolute atomic E-state index is 13.0. The monoisotopic (exact) mass is 970 g/mol. The molecule has 0 saturated carbocycles. The lowest BCUT2D eigenvalue weighted by Gasteiger charge is -2.26. The van der Waals surface area contributed by atoms with Gasteiger partial charge in [-0.25, -0.2) is 4.57 Å². The average molecular weight is 971 g/mol. The molecule has 400 valence electrons. The number of phosphoric acid groups is 1. The third kappa shape index (κ3) is 52.9. The molecule has 9 heteroatoms. The Morgan fingerprint density at radius 3 is 1.15 bits per heavy atom. The molecule has 3 N–H and O–H groups in total. The van der Waals surface area contributed by atoms with E-state index in [0.717, 1.165) is 38.5 Å². The molecule has 0 aromatic rings. The molecular formula is C58H118N2O6P+. The third-order valence-electron chi connectivity index (χ3n) is 13.8. The van der Waals surface area contributed by atoms with E-state index >= 15 is 0 Å². The van der Waals surface area contributed by atoms with Crippen molar-refractivity contribution in [2.45, 2.75) is 315 Å². The molecule has 0 aromatic heterocycles. The van der Waals surface area contributed by atoms with Crippen LogP contribution in [0.15, 0.2) is 12.2 Å². The topological polar surface area (TPSA) is 105 Å². The van der Waals surface area contributed by atoms with Gasteiger partial charge in [0, 0.05) is 6.42 Å². The van der Waals surface area contributed by atoms with Crippen molar-refractivity contribution in [3.63, 3.8) is 0 Å². The number of unbranched alkanes of at least 4 members (excludes halogenated alkanes) is 40. The first-order valence-corrected chi connectivity index (χ1v) is 31.0. The van der Waals surface area contributed by atoms with Gasteiger partial charge in [0.1, 0.15) is 13.2 Å². The molecule has 0 aliphatic heterocycles. The maximum Gasteiger partial charge on any atom is 0.472 e. The Bertz CT molecular complexity index is 1100. The number of allylic oxidation sites excluding steroid dienone is 2. The van der Waals surface area contributed by atoms with E-state index in [1.165, 1.54) is 238 Å². The molecule has 1 amide bonds. The number of quaternary nitrogens is 1. The SMILES string of the molecule is CCCCCCCCCCCC/C=C\CCCCCCCCCC(=O)NC(COP(=O)(O)OCC[N+](C)(C)C)C(O)CCCCCCCCCCCCCCCCCCCCCCCCCC. The Kier molecular flexibility index (Phi) is 49.6. The van der Waals surface area contributed by atoms with Crippen LogP contribution < -0.4 is 5.32 Å². The first-order chi connectivity index (χ1) is 32.5. The summed E-state index contributed by atoms with van der Waals surface area (Å²) in [6.07, 6.45) is 61.2. The summed E-state index contributed by atoms with van der Waals surface area (Å²) in [6.45, 7) is 4.94. The van der Waals surface area contributed by atoms with Gasteiger partial charge in [0.05, 0.1) is 39.9 Å². The number of carbonyl (C=O) groups is 1. The van der Waals surface area contributed by atoms with Crippen LogP contribution in [0.2, 0.25) is 0 Å². The lowest BCUT2D eigenvalue weighted by molar-refractivity contribution is -0.870. The fraction of sp³-hybridized carbons (Fsp3) is 0.948. The molecule has 67 heavy (non-hydrogen) atoms.